The third-order valence-corrected chi connectivity index (χ3v) is 3.38. The van der Waals surface area contributed by atoms with Crippen LogP contribution in [0.2, 0.25) is 0 Å². The Labute approximate surface area is 91.9 Å². The van der Waals surface area contributed by atoms with Crippen molar-refractivity contribution in [3.8, 4) is 5.19 Å². The molecule has 0 amide bonds. The molecule has 1 aliphatic heterocycles. The zero-order valence-electron chi connectivity index (χ0n) is 8.21. The maximum Gasteiger partial charge on any atom is 0.293 e. The predicted octanol–water partition coefficient (Wildman–Crippen LogP) is -0.190. The summed E-state index contributed by atoms with van der Waals surface area (Å²) in [7, 11) is 2.96. The van der Waals surface area contributed by atoms with E-state index in [1.165, 1.54) is 18.8 Å². The van der Waals surface area contributed by atoms with Crippen LogP contribution >= 0.6 is 11.3 Å². The van der Waals surface area contributed by atoms with Crippen LogP contribution in [-0.2, 0) is 11.3 Å². The molecule has 1 N–H and O–H groups in total. The number of ether oxygens (including phenoxy) is 1. The Kier molecular flexibility index (Phi) is 3.04. The summed E-state index contributed by atoms with van der Waals surface area (Å²) in [5, 5.41) is 10.4. The lowest BCUT2D eigenvalue weighted by molar-refractivity contribution is 0.135. The minimum atomic E-state index is -0.591. The summed E-state index contributed by atoms with van der Waals surface area (Å²) < 4.78 is 5.01. The monoisotopic (exact) mass is 225 g/mol. The van der Waals surface area contributed by atoms with Gasteiger partial charge in [-0.1, -0.05) is 11.3 Å². The summed E-state index contributed by atoms with van der Waals surface area (Å²) >= 11 is 1.35. The van der Waals surface area contributed by atoms with Crippen LogP contribution in [0.1, 0.15) is 16.7 Å². The zero-order chi connectivity index (χ0) is 10.8. The number of carbonyl (C=O) groups is 1. The van der Waals surface area contributed by atoms with Crippen LogP contribution < -0.4 is 4.74 Å². The number of fused-ring (bicyclic) bond motifs is 1. The second-order valence-electron chi connectivity index (χ2n) is 3.23. The normalized spacial score (nSPS) is 20.8. The fraction of sp³-hybridized carbons (Fsp3) is 0.500. The van der Waals surface area contributed by atoms with Crippen LogP contribution in [-0.4, -0.2) is 42.2 Å². The van der Waals surface area contributed by atoms with E-state index < -0.39 is 6.10 Å². The van der Waals surface area contributed by atoms with Gasteiger partial charge >= 0.3 is 0 Å². The third kappa shape index (κ3) is 2.04. The maximum absolute atomic E-state index is 10.3. The molecule has 5 nitrogen and oxygen atoms in total. The fourth-order valence-electron chi connectivity index (χ4n) is 1.56. The van der Waals surface area contributed by atoms with E-state index in [1.807, 2.05) is 0 Å². The average molecular weight is 225 g/mol. The molecule has 2 rings (SSSR count). The molecule has 15 heavy (non-hydrogen) atoms. The number of carbonyl (C=O) groups excluding carboxylic acids is 1. The summed E-state index contributed by atoms with van der Waals surface area (Å²) in [6.45, 7) is 0.974. The molecule has 0 fully saturated rings. The molecule has 1 unspecified atom stereocenters. The summed E-state index contributed by atoms with van der Waals surface area (Å²) in [5.74, 6) is 0. The second-order valence-corrected chi connectivity index (χ2v) is 4.22. The highest BCUT2D eigenvalue weighted by molar-refractivity contribution is 7.13. The molecule has 0 aromatic carbocycles. The molecule has 0 saturated carbocycles. The standard InChI is InChI=1S/C8H10BN2O3S/c1-14-8-10-5-2-11(9-4-12)3-6(13)7(5)15-8/h4,6,13H,2-3H2,1H3. The number of hydrogen-bond donors (Lipinski definition) is 1. The first-order valence-corrected chi connectivity index (χ1v) is 5.30. The molecule has 7 heteroatoms. The van der Waals surface area contributed by atoms with Crippen LogP contribution in [0, 0.1) is 0 Å². The van der Waals surface area contributed by atoms with Gasteiger partial charge in [-0.05, 0) is 0 Å². The summed E-state index contributed by atoms with van der Waals surface area (Å²) in [5.41, 5.74) is 0.786. The maximum atomic E-state index is 10.3. The lowest BCUT2D eigenvalue weighted by Gasteiger charge is -2.27. The van der Waals surface area contributed by atoms with Crippen molar-refractivity contribution in [2.45, 2.75) is 12.6 Å². The Hall–Kier alpha value is -0.915. The zero-order valence-corrected chi connectivity index (χ0v) is 9.03. The van der Waals surface area contributed by atoms with E-state index in [1.54, 1.807) is 11.9 Å². The number of hydrogen-bond acceptors (Lipinski definition) is 6. The molecule has 1 atom stereocenters. The topological polar surface area (TPSA) is 62.7 Å². The first-order chi connectivity index (χ1) is 7.24. The van der Waals surface area contributed by atoms with Crippen molar-refractivity contribution < 1.29 is 14.6 Å². The molecule has 1 aromatic rings. The molecular weight excluding hydrogens is 215 g/mol. The number of aliphatic hydroxyl groups is 1. The molecule has 0 aliphatic carbocycles. The van der Waals surface area contributed by atoms with E-state index in [2.05, 4.69) is 4.98 Å². The smallest absolute Gasteiger partial charge is 0.293 e. The Morgan fingerprint density at radius 2 is 2.60 bits per heavy atom. The molecule has 0 saturated heterocycles. The molecule has 0 bridgehead atoms. The lowest BCUT2D eigenvalue weighted by atomic mass is 9.91. The minimum Gasteiger partial charge on any atom is -0.473 e. The number of β-amino-alcohol motifs (C(OH)–C–C–N with tert-alkyl or cyclic N) is 1. The van der Waals surface area contributed by atoms with E-state index in [0.29, 0.717) is 24.5 Å². The molecule has 1 radical (unpaired) electrons. The van der Waals surface area contributed by atoms with Gasteiger partial charge in [0.05, 0.1) is 23.9 Å². The van der Waals surface area contributed by atoms with Crippen LogP contribution in [0.3, 0.4) is 0 Å². The van der Waals surface area contributed by atoms with Gasteiger partial charge in [-0.15, -0.1) is 0 Å². The second kappa shape index (κ2) is 4.30. The van der Waals surface area contributed by atoms with Crippen LogP contribution in [0.4, 0.5) is 0 Å². The van der Waals surface area contributed by atoms with Crippen LogP contribution in [0.25, 0.3) is 0 Å². The van der Waals surface area contributed by atoms with Gasteiger partial charge in [0.1, 0.15) is 6.10 Å². The largest absolute Gasteiger partial charge is 0.473 e. The molecular formula is C8H10BN2O3S. The SMILES string of the molecule is COc1nc2c(s1)C(O)CN([B]C=O)C2. The van der Waals surface area contributed by atoms with Gasteiger partial charge < -0.3 is 19.4 Å². The molecule has 1 aliphatic rings. The van der Waals surface area contributed by atoms with E-state index in [-0.39, 0.29) is 0 Å². The van der Waals surface area contributed by atoms with Gasteiger partial charge in [0.15, 0.2) is 0 Å². The number of aliphatic hydroxyl groups excluding tert-OH is 1. The van der Waals surface area contributed by atoms with Gasteiger partial charge in [-0.25, -0.2) is 4.98 Å². The highest BCUT2D eigenvalue weighted by Gasteiger charge is 2.27. The fourth-order valence-corrected chi connectivity index (χ4v) is 2.43. The Morgan fingerprint density at radius 1 is 1.80 bits per heavy atom. The first-order valence-electron chi connectivity index (χ1n) is 4.49. The van der Waals surface area contributed by atoms with Crippen LogP contribution in [0.15, 0.2) is 0 Å². The van der Waals surface area contributed by atoms with E-state index >= 15 is 0 Å². The summed E-state index contributed by atoms with van der Waals surface area (Å²) in [6.07, 6.45) is 0.118. The summed E-state index contributed by atoms with van der Waals surface area (Å²) in [6, 6.07) is 0. The number of methoxy groups -OCH3 is 1. The van der Waals surface area contributed by atoms with Crippen molar-refractivity contribution in [2.75, 3.05) is 13.7 Å². The predicted molar refractivity (Wildman–Crippen MR) is 56.5 cm³/mol. The molecule has 1 aromatic heterocycles. The van der Waals surface area contributed by atoms with E-state index in [0.717, 1.165) is 10.6 Å². The van der Waals surface area contributed by atoms with Crippen LogP contribution in [0.5, 0.6) is 5.19 Å². The Balaban J connectivity index is 2.22. The highest BCUT2D eigenvalue weighted by Crippen LogP contribution is 2.34. The van der Waals surface area contributed by atoms with Gasteiger partial charge in [-0.2, -0.15) is 0 Å². The Morgan fingerprint density at radius 3 is 3.27 bits per heavy atom. The van der Waals surface area contributed by atoms with E-state index in [9.17, 15) is 9.90 Å². The van der Waals surface area contributed by atoms with Gasteiger partial charge in [0.2, 0.25) is 0 Å². The lowest BCUT2D eigenvalue weighted by Crippen LogP contribution is -2.36. The quantitative estimate of drug-likeness (QED) is 0.570. The van der Waals surface area contributed by atoms with Crippen molar-refractivity contribution in [1.82, 2.24) is 9.79 Å². The van der Waals surface area contributed by atoms with Crippen molar-refractivity contribution in [3.05, 3.63) is 10.6 Å². The highest BCUT2D eigenvalue weighted by atomic mass is 32.1. The van der Waals surface area contributed by atoms with E-state index in [4.69, 9.17) is 4.74 Å². The summed E-state index contributed by atoms with van der Waals surface area (Å²) in [4.78, 5) is 17.1. The van der Waals surface area contributed by atoms with Gasteiger partial charge in [0.25, 0.3) is 12.6 Å². The van der Waals surface area contributed by atoms with Crippen molar-refractivity contribution in [3.63, 3.8) is 0 Å². The molecule has 79 valence electrons. The average Bonchev–Trinajstić information content (AvgIpc) is 2.62. The first kappa shape index (κ1) is 10.6. The number of aromatic nitrogens is 1. The van der Waals surface area contributed by atoms with Crippen molar-refractivity contribution in [2.24, 2.45) is 0 Å². The third-order valence-electron chi connectivity index (χ3n) is 2.22. The van der Waals surface area contributed by atoms with Crippen molar-refractivity contribution in [1.29, 1.82) is 0 Å². The number of thiazole rings is 1. The van der Waals surface area contributed by atoms with Gasteiger partial charge in [-0.3, -0.25) is 0 Å². The number of nitrogens with zero attached hydrogens (tertiary/aromatic N) is 2. The minimum absolute atomic E-state index is 0.428. The van der Waals surface area contributed by atoms with Gasteiger partial charge in [0, 0.05) is 13.1 Å². The Bertz CT molecular complexity index is 371. The van der Waals surface area contributed by atoms with Crippen molar-refractivity contribution >= 4 is 24.9 Å². The molecule has 2 heterocycles. The number of rotatable bonds is 3. The molecule has 0 spiro atoms.